The minimum atomic E-state index is -0.201. The van der Waals surface area contributed by atoms with Crippen LogP contribution in [0.15, 0.2) is 78.1 Å². The number of thioether (sulfide) groups is 1. The van der Waals surface area contributed by atoms with Crippen LogP contribution in [-0.2, 0) is 4.79 Å². The summed E-state index contributed by atoms with van der Waals surface area (Å²) in [5.74, 6) is 1.83. The van der Waals surface area contributed by atoms with Crippen molar-refractivity contribution in [1.29, 1.82) is 0 Å². The molecule has 31 heavy (non-hydrogen) atoms. The Morgan fingerprint density at radius 2 is 1.84 bits per heavy atom. The summed E-state index contributed by atoms with van der Waals surface area (Å²) in [6.45, 7) is 0. The van der Waals surface area contributed by atoms with E-state index in [0.29, 0.717) is 21.8 Å². The Labute approximate surface area is 188 Å². The topological polar surface area (TPSA) is 81.9 Å². The van der Waals surface area contributed by atoms with Crippen LogP contribution in [0.5, 0.6) is 5.75 Å². The lowest BCUT2D eigenvalue weighted by molar-refractivity contribution is -0.113. The molecule has 2 aromatic carbocycles. The molecule has 0 bridgehead atoms. The van der Waals surface area contributed by atoms with Crippen molar-refractivity contribution in [2.75, 3.05) is 18.2 Å². The molecule has 0 aliphatic rings. The van der Waals surface area contributed by atoms with Crippen molar-refractivity contribution >= 4 is 35.1 Å². The van der Waals surface area contributed by atoms with Gasteiger partial charge < -0.3 is 10.1 Å². The molecule has 2 aromatic heterocycles. The van der Waals surface area contributed by atoms with Crippen LogP contribution in [-0.4, -0.2) is 38.5 Å². The number of para-hydroxylation sites is 1. The Hall–Kier alpha value is -3.36. The van der Waals surface area contributed by atoms with Gasteiger partial charge in [0, 0.05) is 17.4 Å². The van der Waals surface area contributed by atoms with Crippen LogP contribution in [0.2, 0.25) is 5.02 Å². The first-order valence-corrected chi connectivity index (χ1v) is 10.7. The van der Waals surface area contributed by atoms with Crippen molar-refractivity contribution in [3.63, 3.8) is 0 Å². The number of halogens is 1. The number of rotatable bonds is 7. The van der Waals surface area contributed by atoms with E-state index in [0.717, 1.165) is 17.0 Å². The van der Waals surface area contributed by atoms with E-state index >= 15 is 0 Å². The molecule has 0 atom stereocenters. The predicted molar refractivity (Wildman–Crippen MR) is 122 cm³/mol. The fourth-order valence-corrected chi connectivity index (χ4v) is 3.72. The zero-order valence-electron chi connectivity index (χ0n) is 16.5. The van der Waals surface area contributed by atoms with Gasteiger partial charge in [0.05, 0.1) is 17.9 Å². The molecule has 0 fully saturated rings. The third-order valence-corrected chi connectivity index (χ3v) is 5.48. The minimum absolute atomic E-state index is 0.151. The largest absolute Gasteiger partial charge is 0.497 e. The van der Waals surface area contributed by atoms with E-state index < -0.39 is 0 Å². The average Bonchev–Trinajstić information content (AvgIpc) is 3.24. The Kier molecular flexibility index (Phi) is 6.49. The van der Waals surface area contributed by atoms with E-state index in [-0.39, 0.29) is 11.7 Å². The van der Waals surface area contributed by atoms with E-state index in [9.17, 15) is 4.79 Å². The van der Waals surface area contributed by atoms with Crippen LogP contribution in [0.4, 0.5) is 5.82 Å². The van der Waals surface area contributed by atoms with Crippen LogP contribution in [0, 0.1) is 0 Å². The Bertz CT molecular complexity index is 1160. The summed E-state index contributed by atoms with van der Waals surface area (Å²) in [5.41, 5.74) is 1.79. The third-order valence-electron chi connectivity index (χ3n) is 4.32. The van der Waals surface area contributed by atoms with Gasteiger partial charge in [-0.3, -0.25) is 9.36 Å². The van der Waals surface area contributed by atoms with Gasteiger partial charge in [0.2, 0.25) is 5.91 Å². The van der Waals surface area contributed by atoms with Gasteiger partial charge in [-0.2, -0.15) is 0 Å². The fraction of sp³-hybridized carbons (Fsp3) is 0.0909. The number of nitrogens with zero attached hydrogens (tertiary/aromatic N) is 4. The highest BCUT2D eigenvalue weighted by Gasteiger charge is 2.17. The molecular weight excluding hydrogens is 434 g/mol. The van der Waals surface area contributed by atoms with E-state index in [1.54, 1.807) is 19.2 Å². The molecule has 0 unspecified atom stereocenters. The highest BCUT2D eigenvalue weighted by Crippen LogP contribution is 2.29. The summed E-state index contributed by atoms with van der Waals surface area (Å²) in [4.78, 5) is 16.5. The molecule has 0 saturated heterocycles. The standard InChI is InChI=1S/C22H18ClN5O2S/c1-30-18-10-7-15(8-11-18)21-26-27-22(28(21)17-5-3-2-4-6-17)31-14-20(29)25-19-12-9-16(23)13-24-19/h2-13H,14H2,1H3,(H,24,25,29). The number of anilines is 1. The average molecular weight is 452 g/mol. The van der Waals surface area contributed by atoms with E-state index in [2.05, 4.69) is 20.5 Å². The lowest BCUT2D eigenvalue weighted by Gasteiger charge is -2.11. The van der Waals surface area contributed by atoms with Crippen molar-refractivity contribution in [2.45, 2.75) is 5.16 Å². The summed E-state index contributed by atoms with van der Waals surface area (Å²) in [6, 6.07) is 20.7. The smallest absolute Gasteiger partial charge is 0.236 e. The molecule has 1 N–H and O–H groups in total. The molecule has 7 nitrogen and oxygen atoms in total. The summed E-state index contributed by atoms with van der Waals surface area (Å²) in [6.07, 6.45) is 1.48. The third kappa shape index (κ3) is 5.04. The summed E-state index contributed by atoms with van der Waals surface area (Å²) < 4.78 is 7.17. The first kappa shape index (κ1) is 20.9. The van der Waals surface area contributed by atoms with E-state index in [1.807, 2.05) is 59.2 Å². The van der Waals surface area contributed by atoms with Gasteiger partial charge in [0.15, 0.2) is 11.0 Å². The maximum absolute atomic E-state index is 12.4. The molecular formula is C22H18ClN5O2S. The first-order chi connectivity index (χ1) is 15.1. The van der Waals surface area contributed by atoms with E-state index in [1.165, 1.54) is 18.0 Å². The maximum Gasteiger partial charge on any atom is 0.236 e. The molecule has 4 aromatic rings. The molecule has 2 heterocycles. The first-order valence-electron chi connectivity index (χ1n) is 9.33. The number of benzene rings is 2. The normalized spacial score (nSPS) is 10.6. The van der Waals surface area contributed by atoms with Crippen LogP contribution in [0.3, 0.4) is 0 Å². The Balaban J connectivity index is 1.57. The van der Waals surface area contributed by atoms with Crippen LogP contribution in [0.25, 0.3) is 17.1 Å². The lowest BCUT2D eigenvalue weighted by Crippen LogP contribution is -2.15. The van der Waals surface area contributed by atoms with Crippen molar-refractivity contribution < 1.29 is 9.53 Å². The molecule has 4 rings (SSSR count). The minimum Gasteiger partial charge on any atom is -0.497 e. The quantitative estimate of drug-likeness (QED) is 0.409. The van der Waals surface area contributed by atoms with Crippen LogP contribution in [0.1, 0.15) is 0 Å². The number of carbonyl (C=O) groups excluding carboxylic acids is 1. The number of carbonyl (C=O) groups is 1. The molecule has 156 valence electrons. The van der Waals surface area contributed by atoms with Gasteiger partial charge in [-0.05, 0) is 48.5 Å². The van der Waals surface area contributed by atoms with Gasteiger partial charge in [0.25, 0.3) is 0 Å². The number of amides is 1. The molecule has 0 radical (unpaired) electrons. The predicted octanol–water partition coefficient (Wildman–Crippen LogP) is 4.72. The second-order valence-corrected chi connectivity index (χ2v) is 7.78. The number of ether oxygens (including phenoxy) is 1. The number of nitrogens with one attached hydrogen (secondary N) is 1. The monoisotopic (exact) mass is 451 g/mol. The fourth-order valence-electron chi connectivity index (χ4n) is 2.86. The van der Waals surface area contributed by atoms with Crippen LogP contribution < -0.4 is 10.1 Å². The van der Waals surface area contributed by atoms with Gasteiger partial charge >= 0.3 is 0 Å². The van der Waals surface area contributed by atoms with Gasteiger partial charge in [-0.15, -0.1) is 10.2 Å². The van der Waals surface area contributed by atoms with Crippen molar-refractivity contribution in [2.24, 2.45) is 0 Å². The van der Waals surface area contributed by atoms with Crippen LogP contribution >= 0.6 is 23.4 Å². The highest BCUT2D eigenvalue weighted by atomic mass is 35.5. The number of pyridine rings is 1. The van der Waals surface area contributed by atoms with Crippen molar-refractivity contribution in [3.8, 4) is 22.8 Å². The van der Waals surface area contributed by atoms with Gasteiger partial charge in [-0.25, -0.2) is 4.98 Å². The molecule has 0 aliphatic carbocycles. The second kappa shape index (κ2) is 9.63. The maximum atomic E-state index is 12.4. The number of methoxy groups -OCH3 is 1. The van der Waals surface area contributed by atoms with Gasteiger partial charge in [0.1, 0.15) is 11.6 Å². The summed E-state index contributed by atoms with van der Waals surface area (Å²) >= 11 is 7.12. The number of aromatic nitrogens is 4. The lowest BCUT2D eigenvalue weighted by atomic mass is 10.2. The second-order valence-electron chi connectivity index (χ2n) is 6.40. The zero-order chi connectivity index (χ0) is 21.6. The van der Waals surface area contributed by atoms with E-state index in [4.69, 9.17) is 16.3 Å². The molecule has 0 aliphatic heterocycles. The SMILES string of the molecule is COc1ccc(-c2nnc(SCC(=O)Nc3ccc(Cl)cn3)n2-c2ccccc2)cc1. The van der Waals surface area contributed by atoms with Gasteiger partial charge in [-0.1, -0.05) is 41.6 Å². The highest BCUT2D eigenvalue weighted by molar-refractivity contribution is 7.99. The zero-order valence-corrected chi connectivity index (χ0v) is 18.1. The molecule has 1 amide bonds. The van der Waals surface area contributed by atoms with Crippen molar-refractivity contribution in [3.05, 3.63) is 77.9 Å². The summed E-state index contributed by atoms with van der Waals surface area (Å²) in [7, 11) is 1.63. The molecule has 0 saturated carbocycles. The Morgan fingerprint density at radius 1 is 1.06 bits per heavy atom. The Morgan fingerprint density at radius 3 is 2.52 bits per heavy atom. The summed E-state index contributed by atoms with van der Waals surface area (Å²) in [5, 5.41) is 12.6. The molecule has 9 heteroatoms. The van der Waals surface area contributed by atoms with Crippen molar-refractivity contribution in [1.82, 2.24) is 19.7 Å². The molecule has 0 spiro atoms. The number of hydrogen-bond donors (Lipinski definition) is 1. The number of hydrogen-bond acceptors (Lipinski definition) is 6.